The quantitative estimate of drug-likeness (QED) is 0.166. The van der Waals surface area contributed by atoms with E-state index in [1.807, 2.05) is 0 Å². The average Bonchev–Trinajstić information content (AvgIpc) is 3.41. The Morgan fingerprint density at radius 1 is 0.812 bits per heavy atom. The molecule has 0 saturated carbocycles. The third kappa shape index (κ3) is 8.88. The number of hydrogen-bond donors (Lipinski definition) is 1. The van der Waals surface area contributed by atoms with Crippen molar-refractivity contribution in [2.45, 2.75) is 37.4 Å². The molecule has 0 aliphatic carbocycles. The maximum Gasteiger partial charge on any atom is 0.573 e. The molecule has 0 atom stereocenters. The maximum atomic E-state index is 14.0. The Morgan fingerprint density at radius 2 is 1.38 bits per heavy atom. The molecule has 0 aliphatic rings. The zero-order valence-corrected chi connectivity index (χ0v) is 23.9. The topological polar surface area (TPSA) is 117 Å². The van der Waals surface area contributed by atoms with E-state index in [2.05, 4.69) is 34.9 Å². The molecule has 0 radical (unpaired) electrons. The molecule has 1 heterocycles. The Hall–Kier alpha value is -5.43. The minimum absolute atomic E-state index is 0.159. The highest BCUT2D eigenvalue weighted by Crippen LogP contribution is 2.39. The molecule has 0 aliphatic heterocycles. The highest BCUT2D eigenvalue weighted by Gasteiger charge is 2.41. The first-order chi connectivity index (χ1) is 22.3. The van der Waals surface area contributed by atoms with Gasteiger partial charge in [0, 0.05) is 12.0 Å². The Kier molecular flexibility index (Phi) is 9.86. The van der Waals surface area contributed by atoms with Gasteiger partial charge in [-0.25, -0.2) is 9.18 Å². The van der Waals surface area contributed by atoms with Gasteiger partial charge in [0.1, 0.15) is 17.3 Å². The first-order valence-corrected chi connectivity index (χ1v) is 13.0. The summed E-state index contributed by atoms with van der Waals surface area (Å²) in [5, 5.41) is 13.7. The van der Waals surface area contributed by atoms with Crippen LogP contribution in [0.3, 0.4) is 0 Å². The number of alkyl halides is 9. The largest absolute Gasteiger partial charge is 0.573 e. The molecule has 3 aromatic carbocycles. The summed E-state index contributed by atoms with van der Waals surface area (Å²) < 4.78 is 146. The third-order valence-electron chi connectivity index (χ3n) is 6.40. The highest BCUT2D eigenvalue weighted by atomic mass is 19.4. The second kappa shape index (κ2) is 13.4. The number of halogens is 10. The number of amides is 1. The van der Waals surface area contributed by atoms with Crippen LogP contribution in [0, 0.1) is 5.82 Å². The first kappa shape index (κ1) is 35.4. The molecule has 0 saturated heterocycles. The lowest BCUT2D eigenvalue weighted by Gasteiger charge is -2.36. The van der Waals surface area contributed by atoms with Gasteiger partial charge < -0.3 is 19.5 Å². The van der Waals surface area contributed by atoms with E-state index < -0.39 is 77.7 Å². The van der Waals surface area contributed by atoms with Gasteiger partial charge in [-0.05, 0) is 58.8 Å². The minimum Gasteiger partial charge on any atom is -0.468 e. The number of tetrazole rings is 1. The highest BCUT2D eigenvalue weighted by molar-refractivity contribution is 5.95. The van der Waals surface area contributed by atoms with E-state index in [0.717, 1.165) is 60.4 Å². The molecule has 1 aromatic heterocycles. The van der Waals surface area contributed by atoms with Crippen molar-refractivity contribution in [2.75, 3.05) is 7.11 Å². The van der Waals surface area contributed by atoms with Gasteiger partial charge in [0.25, 0.3) is 5.91 Å². The van der Waals surface area contributed by atoms with Crippen molar-refractivity contribution < 1.29 is 67.7 Å². The number of hydrogen-bond acceptors (Lipinski definition) is 8. The smallest absolute Gasteiger partial charge is 0.468 e. The van der Waals surface area contributed by atoms with Crippen LogP contribution >= 0.6 is 0 Å². The monoisotopic (exact) mass is 695 g/mol. The molecule has 0 fully saturated rings. The van der Waals surface area contributed by atoms with Crippen molar-refractivity contribution >= 4 is 11.9 Å². The van der Waals surface area contributed by atoms with E-state index >= 15 is 0 Å². The lowest BCUT2D eigenvalue weighted by molar-refractivity contribution is -0.275. The van der Waals surface area contributed by atoms with E-state index in [1.54, 1.807) is 0 Å². The van der Waals surface area contributed by atoms with Crippen molar-refractivity contribution in [3.05, 3.63) is 101 Å². The zero-order chi connectivity index (χ0) is 35.5. The standard InChI is InChI=1S/C28H19F10N5O5/c1-46-23(44)14-43-41-22(40-42-43)13-25(16-4-2-6-18(11-16)47-27(33,34)35,17-5-3-7-19(12-17)48-28(36,37)38)39-24(45)15-8-9-21(29)20(10-15)26(30,31)32/h2-12H,13-14H2,1H3,(H,39,45). The number of nitrogens with one attached hydrogen (secondary N) is 1. The van der Waals surface area contributed by atoms with Crippen LogP contribution in [0.4, 0.5) is 43.9 Å². The summed E-state index contributed by atoms with van der Waals surface area (Å²) in [4.78, 5) is 26.1. The number of rotatable bonds is 10. The van der Waals surface area contributed by atoms with E-state index in [0.29, 0.717) is 12.1 Å². The van der Waals surface area contributed by atoms with Crippen LogP contribution in [-0.4, -0.2) is 51.9 Å². The fourth-order valence-electron chi connectivity index (χ4n) is 4.46. The molecular weight excluding hydrogens is 676 g/mol. The van der Waals surface area contributed by atoms with Crippen LogP contribution in [0.15, 0.2) is 66.7 Å². The summed E-state index contributed by atoms with van der Waals surface area (Å²) in [6.07, 6.45) is -16.5. The molecule has 0 spiro atoms. The summed E-state index contributed by atoms with van der Waals surface area (Å²) in [5.41, 5.74) is -5.68. The minimum atomic E-state index is -5.26. The Bertz CT molecular complexity index is 1730. The van der Waals surface area contributed by atoms with Crippen molar-refractivity contribution in [2.24, 2.45) is 0 Å². The molecule has 10 nitrogen and oxygen atoms in total. The molecule has 48 heavy (non-hydrogen) atoms. The van der Waals surface area contributed by atoms with Crippen molar-refractivity contribution in [3.63, 3.8) is 0 Å². The third-order valence-corrected chi connectivity index (χ3v) is 6.40. The molecule has 0 unspecified atom stereocenters. The Labute approximate surface area is 262 Å². The zero-order valence-electron chi connectivity index (χ0n) is 23.9. The summed E-state index contributed by atoms with van der Waals surface area (Å²) in [5.74, 6) is -6.09. The molecule has 256 valence electrons. The van der Waals surface area contributed by atoms with Gasteiger partial charge in [-0.1, -0.05) is 24.3 Å². The maximum absolute atomic E-state index is 14.0. The number of methoxy groups -OCH3 is 1. The van der Waals surface area contributed by atoms with Crippen molar-refractivity contribution in [3.8, 4) is 11.5 Å². The molecule has 1 N–H and O–H groups in total. The van der Waals surface area contributed by atoms with Gasteiger partial charge >= 0.3 is 24.9 Å². The van der Waals surface area contributed by atoms with Crippen LogP contribution in [0.25, 0.3) is 0 Å². The Morgan fingerprint density at radius 3 is 1.88 bits per heavy atom. The fourth-order valence-corrected chi connectivity index (χ4v) is 4.46. The second-order valence-electron chi connectivity index (χ2n) is 9.69. The van der Waals surface area contributed by atoms with Gasteiger partial charge in [0.15, 0.2) is 12.4 Å². The van der Waals surface area contributed by atoms with E-state index in [9.17, 15) is 53.5 Å². The summed E-state index contributed by atoms with van der Waals surface area (Å²) in [6.45, 7) is -0.595. The van der Waals surface area contributed by atoms with E-state index in [-0.39, 0.29) is 23.0 Å². The number of ether oxygens (including phenoxy) is 3. The van der Waals surface area contributed by atoms with Crippen molar-refractivity contribution in [1.82, 2.24) is 25.5 Å². The van der Waals surface area contributed by atoms with Gasteiger partial charge in [-0.15, -0.1) is 36.5 Å². The number of carbonyl (C=O) groups is 2. The van der Waals surface area contributed by atoms with Gasteiger partial charge in [0.2, 0.25) is 0 Å². The lowest BCUT2D eigenvalue weighted by atomic mass is 9.79. The summed E-state index contributed by atoms with van der Waals surface area (Å²) in [7, 11) is 1.05. The fraction of sp³-hybridized carbons (Fsp3) is 0.250. The van der Waals surface area contributed by atoms with E-state index in [4.69, 9.17) is 0 Å². The van der Waals surface area contributed by atoms with Gasteiger partial charge in [-0.3, -0.25) is 4.79 Å². The summed E-state index contributed by atoms with van der Waals surface area (Å²) >= 11 is 0. The van der Waals surface area contributed by atoms with Crippen LogP contribution in [-0.2, 0) is 34.2 Å². The van der Waals surface area contributed by atoms with Gasteiger partial charge in [-0.2, -0.15) is 18.0 Å². The average molecular weight is 695 g/mol. The van der Waals surface area contributed by atoms with Crippen LogP contribution in [0.2, 0.25) is 0 Å². The van der Waals surface area contributed by atoms with Crippen LogP contribution < -0.4 is 14.8 Å². The molecular formula is C28H19F10N5O5. The number of aromatic nitrogens is 4. The SMILES string of the molecule is COC(=O)Cn1nnc(CC(NC(=O)c2ccc(F)c(C(F)(F)F)c2)(c2cccc(OC(F)(F)F)c2)c2cccc(OC(F)(F)F)c2)n1. The molecule has 0 bridgehead atoms. The van der Waals surface area contributed by atoms with Crippen LogP contribution in [0.5, 0.6) is 11.5 Å². The number of esters is 1. The number of carbonyl (C=O) groups excluding carboxylic acids is 2. The second-order valence-corrected chi connectivity index (χ2v) is 9.69. The molecule has 4 rings (SSSR count). The van der Waals surface area contributed by atoms with Gasteiger partial charge in [0.05, 0.1) is 18.2 Å². The van der Waals surface area contributed by atoms with Crippen LogP contribution in [0.1, 0.15) is 32.9 Å². The Balaban J connectivity index is 1.97. The van der Waals surface area contributed by atoms with E-state index in [1.165, 1.54) is 0 Å². The normalized spacial score (nSPS) is 12.4. The number of benzene rings is 3. The summed E-state index contributed by atoms with van der Waals surface area (Å²) in [6, 6.07) is 8.65. The lowest BCUT2D eigenvalue weighted by Crippen LogP contribution is -2.49. The molecule has 1 amide bonds. The predicted molar refractivity (Wildman–Crippen MR) is 139 cm³/mol. The first-order valence-electron chi connectivity index (χ1n) is 13.0. The number of nitrogens with zero attached hydrogens (tertiary/aromatic N) is 4. The van der Waals surface area contributed by atoms with Crippen molar-refractivity contribution in [1.29, 1.82) is 0 Å². The molecule has 4 aromatic rings. The molecule has 20 heteroatoms. The predicted octanol–water partition coefficient (Wildman–Crippen LogP) is 5.72.